The number of carbonyl (C=O) groups is 1. The summed E-state index contributed by atoms with van der Waals surface area (Å²) in [5, 5.41) is 1.80. The molecule has 2 aromatic heterocycles. The molecule has 2 aromatic carbocycles. The zero-order valence-electron chi connectivity index (χ0n) is 15.5. The number of hydrogen-bond donors (Lipinski definition) is 0. The van der Waals surface area contributed by atoms with Gasteiger partial charge in [0.15, 0.2) is 5.16 Å². The zero-order chi connectivity index (χ0) is 19.3. The zero-order valence-corrected chi connectivity index (χ0v) is 17.1. The van der Waals surface area contributed by atoms with Gasteiger partial charge in [-0.2, -0.15) is 0 Å². The predicted molar refractivity (Wildman–Crippen MR) is 115 cm³/mol. The van der Waals surface area contributed by atoms with Crippen molar-refractivity contribution in [1.82, 2.24) is 19.4 Å². The summed E-state index contributed by atoms with van der Waals surface area (Å²) in [4.78, 5) is 23.3. The van der Waals surface area contributed by atoms with Gasteiger partial charge >= 0.3 is 0 Å². The van der Waals surface area contributed by atoms with E-state index in [4.69, 9.17) is 0 Å². The maximum atomic E-state index is 12.6. The highest BCUT2D eigenvalue weighted by Crippen LogP contribution is 2.23. The highest BCUT2D eigenvalue weighted by Gasteiger charge is 2.14. The van der Waals surface area contributed by atoms with Gasteiger partial charge in [-0.3, -0.25) is 4.79 Å². The maximum absolute atomic E-state index is 12.6. The van der Waals surface area contributed by atoms with Gasteiger partial charge in [-0.25, -0.2) is 9.97 Å². The van der Waals surface area contributed by atoms with E-state index >= 15 is 0 Å². The number of thiazole rings is 1. The minimum atomic E-state index is 0.0681. The Balaban J connectivity index is 1.34. The van der Waals surface area contributed by atoms with Crippen LogP contribution in [-0.4, -0.2) is 38.1 Å². The number of aromatic nitrogens is 3. The minimum Gasteiger partial charge on any atom is -0.338 e. The molecule has 4 aromatic rings. The van der Waals surface area contributed by atoms with Gasteiger partial charge in [0, 0.05) is 26.0 Å². The molecule has 7 heteroatoms. The van der Waals surface area contributed by atoms with Crippen molar-refractivity contribution < 1.29 is 4.79 Å². The van der Waals surface area contributed by atoms with Crippen molar-refractivity contribution in [2.24, 2.45) is 0 Å². The Morgan fingerprint density at radius 1 is 1.14 bits per heavy atom. The van der Waals surface area contributed by atoms with E-state index in [-0.39, 0.29) is 5.91 Å². The van der Waals surface area contributed by atoms with E-state index in [2.05, 4.69) is 32.7 Å². The highest BCUT2D eigenvalue weighted by atomic mass is 32.2. The van der Waals surface area contributed by atoms with Crippen LogP contribution in [0.2, 0.25) is 0 Å². The third-order valence-corrected chi connectivity index (χ3v) is 6.34. The SMILES string of the molecule is CN(Cc1nc2ccccc2s1)C(=O)CSc1nccn1Cc1ccccc1. The summed E-state index contributed by atoms with van der Waals surface area (Å²) in [6.45, 7) is 1.27. The molecule has 4 rings (SSSR count). The normalized spacial score (nSPS) is 11.0. The fourth-order valence-electron chi connectivity index (χ4n) is 2.85. The summed E-state index contributed by atoms with van der Waals surface area (Å²) in [5.74, 6) is 0.422. The van der Waals surface area contributed by atoms with Gasteiger partial charge < -0.3 is 9.47 Å². The van der Waals surface area contributed by atoms with Crippen molar-refractivity contribution >= 4 is 39.2 Å². The lowest BCUT2D eigenvalue weighted by Crippen LogP contribution is -2.27. The molecule has 0 aliphatic rings. The van der Waals surface area contributed by atoms with E-state index in [9.17, 15) is 4.79 Å². The molecule has 0 fully saturated rings. The maximum Gasteiger partial charge on any atom is 0.233 e. The molecule has 0 bridgehead atoms. The third-order valence-electron chi connectivity index (χ3n) is 4.33. The first kappa shape index (κ1) is 18.7. The van der Waals surface area contributed by atoms with Gasteiger partial charge in [-0.05, 0) is 17.7 Å². The van der Waals surface area contributed by atoms with Gasteiger partial charge in [-0.1, -0.05) is 54.2 Å². The molecule has 142 valence electrons. The summed E-state index contributed by atoms with van der Waals surface area (Å²) < 4.78 is 3.22. The summed E-state index contributed by atoms with van der Waals surface area (Å²) in [7, 11) is 1.82. The molecule has 5 nitrogen and oxygen atoms in total. The van der Waals surface area contributed by atoms with E-state index in [0.29, 0.717) is 12.3 Å². The number of fused-ring (bicyclic) bond motifs is 1. The van der Waals surface area contributed by atoms with E-state index in [1.807, 2.05) is 49.6 Å². The number of hydrogen-bond acceptors (Lipinski definition) is 5. The molecule has 0 aliphatic heterocycles. The molecule has 0 atom stereocenters. The molecule has 0 N–H and O–H groups in total. The quantitative estimate of drug-likeness (QED) is 0.428. The fraction of sp³-hybridized carbons (Fsp3) is 0.190. The molecule has 28 heavy (non-hydrogen) atoms. The van der Waals surface area contributed by atoms with Crippen LogP contribution < -0.4 is 0 Å². The van der Waals surface area contributed by atoms with Crippen LogP contribution in [0.4, 0.5) is 0 Å². The number of thioether (sulfide) groups is 1. The average molecular weight is 409 g/mol. The predicted octanol–water partition coefficient (Wildman–Crippen LogP) is 4.29. The largest absolute Gasteiger partial charge is 0.338 e. The topological polar surface area (TPSA) is 51.0 Å². The molecule has 0 saturated carbocycles. The lowest BCUT2D eigenvalue weighted by Gasteiger charge is -2.15. The van der Waals surface area contributed by atoms with E-state index in [1.54, 1.807) is 22.4 Å². The second-order valence-corrected chi connectivity index (χ2v) is 8.49. The van der Waals surface area contributed by atoms with E-state index in [0.717, 1.165) is 26.9 Å². The molecule has 0 spiro atoms. The molecular weight excluding hydrogens is 388 g/mol. The number of rotatable bonds is 7. The Morgan fingerprint density at radius 2 is 1.93 bits per heavy atom. The van der Waals surface area contributed by atoms with Crippen molar-refractivity contribution in [3.05, 3.63) is 77.6 Å². The van der Waals surface area contributed by atoms with Crippen LogP contribution >= 0.6 is 23.1 Å². The number of benzene rings is 2. The third kappa shape index (κ3) is 4.43. The van der Waals surface area contributed by atoms with Crippen LogP contribution in [0.25, 0.3) is 10.2 Å². The standard InChI is InChI=1S/C21H20N4OS2/c1-24(14-19-23-17-9-5-6-10-18(17)28-19)20(26)15-27-21-22-11-12-25(21)13-16-7-3-2-4-8-16/h2-12H,13-15H2,1H3. The molecule has 0 radical (unpaired) electrons. The highest BCUT2D eigenvalue weighted by molar-refractivity contribution is 7.99. The Bertz CT molecular complexity index is 1040. The van der Waals surface area contributed by atoms with Crippen molar-refractivity contribution in [1.29, 1.82) is 0 Å². The van der Waals surface area contributed by atoms with Gasteiger partial charge in [0.05, 0.1) is 22.5 Å². The van der Waals surface area contributed by atoms with Crippen molar-refractivity contribution in [3.63, 3.8) is 0 Å². The van der Waals surface area contributed by atoms with Gasteiger partial charge in [0.2, 0.25) is 5.91 Å². The van der Waals surface area contributed by atoms with Gasteiger partial charge in [-0.15, -0.1) is 11.3 Å². The van der Waals surface area contributed by atoms with Crippen LogP contribution in [0.5, 0.6) is 0 Å². The van der Waals surface area contributed by atoms with Crippen LogP contribution in [0.3, 0.4) is 0 Å². The van der Waals surface area contributed by atoms with Crippen LogP contribution in [-0.2, 0) is 17.9 Å². The minimum absolute atomic E-state index is 0.0681. The molecular formula is C21H20N4OS2. The smallest absolute Gasteiger partial charge is 0.233 e. The van der Waals surface area contributed by atoms with E-state index < -0.39 is 0 Å². The Morgan fingerprint density at radius 3 is 2.75 bits per heavy atom. The number of carbonyl (C=O) groups excluding carboxylic acids is 1. The number of para-hydroxylation sites is 1. The summed E-state index contributed by atoms with van der Waals surface area (Å²) in [6, 6.07) is 18.3. The Hall–Kier alpha value is -2.64. The number of amides is 1. The van der Waals surface area contributed by atoms with Crippen molar-refractivity contribution in [3.8, 4) is 0 Å². The molecule has 0 saturated heterocycles. The number of imidazole rings is 1. The lowest BCUT2D eigenvalue weighted by molar-refractivity contribution is -0.127. The molecule has 0 aliphatic carbocycles. The number of nitrogens with zero attached hydrogens (tertiary/aromatic N) is 4. The molecule has 2 heterocycles. The fourth-order valence-corrected chi connectivity index (χ4v) is 4.77. The second-order valence-electron chi connectivity index (χ2n) is 6.44. The first-order valence-corrected chi connectivity index (χ1v) is 10.8. The molecule has 1 amide bonds. The molecule has 0 unspecified atom stereocenters. The average Bonchev–Trinajstić information content (AvgIpc) is 3.32. The lowest BCUT2D eigenvalue weighted by atomic mass is 10.2. The second kappa shape index (κ2) is 8.58. The van der Waals surface area contributed by atoms with Crippen molar-refractivity contribution in [2.75, 3.05) is 12.8 Å². The first-order chi connectivity index (χ1) is 13.7. The Labute approximate surface area is 172 Å². The van der Waals surface area contributed by atoms with Gasteiger partial charge in [0.25, 0.3) is 0 Å². The van der Waals surface area contributed by atoms with Gasteiger partial charge in [0.1, 0.15) is 5.01 Å². The Kier molecular flexibility index (Phi) is 5.73. The van der Waals surface area contributed by atoms with Crippen LogP contribution in [0, 0.1) is 0 Å². The van der Waals surface area contributed by atoms with Crippen LogP contribution in [0.1, 0.15) is 10.6 Å². The van der Waals surface area contributed by atoms with Crippen molar-refractivity contribution in [2.45, 2.75) is 18.2 Å². The summed E-state index contributed by atoms with van der Waals surface area (Å²) >= 11 is 3.10. The summed E-state index contributed by atoms with van der Waals surface area (Å²) in [6.07, 6.45) is 3.73. The monoisotopic (exact) mass is 408 g/mol. The summed E-state index contributed by atoms with van der Waals surface area (Å²) in [5.41, 5.74) is 2.20. The van der Waals surface area contributed by atoms with E-state index in [1.165, 1.54) is 17.3 Å². The van der Waals surface area contributed by atoms with Crippen LogP contribution in [0.15, 0.2) is 72.1 Å². The first-order valence-electron chi connectivity index (χ1n) is 8.95.